The molecular weight excluding hydrogens is 223 g/mol. The summed E-state index contributed by atoms with van der Waals surface area (Å²) in [7, 11) is 0. The number of pyridine rings is 1. The van der Waals surface area contributed by atoms with Gasteiger partial charge in [-0.05, 0) is 0 Å². The van der Waals surface area contributed by atoms with Crippen LogP contribution >= 0.6 is 11.6 Å². The number of nitrogens with zero attached hydrogens (tertiary/aromatic N) is 1. The summed E-state index contributed by atoms with van der Waals surface area (Å²) in [5.41, 5.74) is 0. The number of alkyl halides is 3. The summed E-state index contributed by atoms with van der Waals surface area (Å²) in [4.78, 5) is 0. The SMILES string of the molecule is O[n+]1ccc(Cl)cc1OCC(F)(F)F. The first kappa shape index (κ1) is 10.9. The average molecular weight is 229 g/mol. The zero-order valence-corrected chi connectivity index (χ0v) is 7.51. The summed E-state index contributed by atoms with van der Waals surface area (Å²) < 4.78 is 39.9. The Morgan fingerprint density at radius 3 is 2.71 bits per heavy atom. The Labute approximate surface area is 82.3 Å². The summed E-state index contributed by atoms with van der Waals surface area (Å²) in [6.07, 6.45) is -3.37. The van der Waals surface area contributed by atoms with E-state index in [2.05, 4.69) is 4.74 Å². The molecule has 0 bridgehead atoms. The second-order valence-electron chi connectivity index (χ2n) is 2.43. The molecular formula is C7H6ClF3NO2+. The summed E-state index contributed by atoms with van der Waals surface area (Å²) in [5.74, 6) is -0.366. The van der Waals surface area contributed by atoms with Gasteiger partial charge in [-0.2, -0.15) is 13.2 Å². The highest BCUT2D eigenvalue weighted by atomic mass is 35.5. The van der Waals surface area contributed by atoms with Gasteiger partial charge in [0, 0.05) is 10.8 Å². The molecule has 78 valence electrons. The maximum atomic E-state index is 11.7. The van der Waals surface area contributed by atoms with E-state index in [-0.39, 0.29) is 10.9 Å². The lowest BCUT2D eigenvalue weighted by Crippen LogP contribution is -2.34. The van der Waals surface area contributed by atoms with Gasteiger partial charge >= 0.3 is 12.1 Å². The van der Waals surface area contributed by atoms with Gasteiger partial charge in [-0.3, -0.25) is 5.21 Å². The van der Waals surface area contributed by atoms with Crippen LogP contribution < -0.4 is 9.47 Å². The van der Waals surface area contributed by atoms with Crippen LogP contribution in [-0.2, 0) is 0 Å². The second kappa shape index (κ2) is 3.91. The third kappa shape index (κ3) is 3.29. The monoisotopic (exact) mass is 228 g/mol. The van der Waals surface area contributed by atoms with Gasteiger partial charge in [0.25, 0.3) is 0 Å². The molecule has 3 nitrogen and oxygen atoms in total. The molecule has 0 radical (unpaired) electrons. The van der Waals surface area contributed by atoms with Gasteiger partial charge in [0.15, 0.2) is 6.61 Å². The van der Waals surface area contributed by atoms with Crippen molar-refractivity contribution >= 4 is 11.6 Å². The van der Waals surface area contributed by atoms with Crippen LogP contribution in [0.1, 0.15) is 0 Å². The van der Waals surface area contributed by atoms with Gasteiger partial charge in [0.1, 0.15) is 0 Å². The molecule has 1 heterocycles. The predicted octanol–water partition coefficient (Wildman–Crippen LogP) is 1.81. The molecule has 0 unspecified atom stereocenters. The fourth-order valence-corrected chi connectivity index (χ4v) is 0.861. The molecule has 0 aliphatic rings. The summed E-state index contributed by atoms with van der Waals surface area (Å²) in [6.45, 7) is -1.48. The Morgan fingerprint density at radius 2 is 2.14 bits per heavy atom. The molecule has 14 heavy (non-hydrogen) atoms. The van der Waals surface area contributed by atoms with E-state index in [0.717, 1.165) is 12.3 Å². The normalized spacial score (nSPS) is 11.4. The van der Waals surface area contributed by atoms with E-state index in [9.17, 15) is 13.2 Å². The predicted molar refractivity (Wildman–Crippen MR) is 40.4 cm³/mol. The van der Waals surface area contributed by atoms with E-state index in [1.54, 1.807) is 0 Å². The average Bonchev–Trinajstić information content (AvgIpc) is 2.05. The highest BCUT2D eigenvalue weighted by molar-refractivity contribution is 6.30. The molecule has 0 atom stereocenters. The lowest BCUT2D eigenvalue weighted by molar-refractivity contribution is -0.906. The third-order valence-corrected chi connectivity index (χ3v) is 1.48. The molecule has 0 aliphatic carbocycles. The largest absolute Gasteiger partial charge is 0.432 e. The van der Waals surface area contributed by atoms with Gasteiger partial charge in [-0.15, -0.1) is 0 Å². The Balaban J connectivity index is 2.72. The lowest BCUT2D eigenvalue weighted by atomic mass is 10.5. The highest BCUT2D eigenvalue weighted by Crippen LogP contribution is 2.17. The number of aromatic nitrogens is 1. The number of hydrogen-bond donors (Lipinski definition) is 1. The second-order valence-corrected chi connectivity index (χ2v) is 2.87. The van der Waals surface area contributed by atoms with Crippen LogP contribution in [0.15, 0.2) is 18.3 Å². The molecule has 7 heteroatoms. The van der Waals surface area contributed by atoms with E-state index in [4.69, 9.17) is 16.8 Å². The maximum absolute atomic E-state index is 11.7. The molecule has 0 saturated heterocycles. The molecule has 1 aromatic heterocycles. The lowest BCUT2D eigenvalue weighted by Gasteiger charge is -2.05. The first-order chi connectivity index (χ1) is 6.38. The van der Waals surface area contributed by atoms with Crippen LogP contribution in [0.5, 0.6) is 5.88 Å². The standard InChI is InChI=1S/C7H6ClF3NO2/c8-5-1-2-12(13)6(3-5)14-4-7(9,10)11/h1-3,13H,4H2/q+1. The molecule has 0 fully saturated rings. The zero-order valence-electron chi connectivity index (χ0n) is 6.75. The first-order valence-corrected chi connectivity index (χ1v) is 3.86. The van der Waals surface area contributed by atoms with E-state index in [0.29, 0.717) is 4.73 Å². The van der Waals surface area contributed by atoms with Crippen molar-refractivity contribution in [3.8, 4) is 5.88 Å². The quantitative estimate of drug-likeness (QED) is 0.619. The number of halogens is 4. The topological polar surface area (TPSA) is 33.3 Å². The minimum absolute atomic E-state index is 0.174. The van der Waals surface area contributed by atoms with Crippen molar-refractivity contribution in [2.75, 3.05) is 6.61 Å². The Hall–Kier alpha value is -1.17. The molecule has 0 aliphatic heterocycles. The zero-order chi connectivity index (χ0) is 10.8. The first-order valence-electron chi connectivity index (χ1n) is 3.48. The van der Waals surface area contributed by atoms with E-state index < -0.39 is 12.8 Å². The molecule has 1 rings (SSSR count). The van der Waals surface area contributed by atoms with Crippen molar-refractivity contribution in [1.29, 1.82) is 0 Å². The van der Waals surface area contributed by atoms with Crippen molar-refractivity contribution in [2.24, 2.45) is 0 Å². The van der Waals surface area contributed by atoms with E-state index in [1.807, 2.05) is 0 Å². The number of hydrogen-bond acceptors (Lipinski definition) is 2. The summed E-state index contributed by atoms with van der Waals surface area (Å²) >= 11 is 5.48. The van der Waals surface area contributed by atoms with E-state index >= 15 is 0 Å². The molecule has 1 N–H and O–H groups in total. The number of rotatable bonds is 2. The summed E-state index contributed by atoms with van der Waals surface area (Å²) in [6, 6.07) is 2.38. The van der Waals surface area contributed by atoms with Crippen molar-refractivity contribution in [3.05, 3.63) is 23.4 Å². The highest BCUT2D eigenvalue weighted by Gasteiger charge is 2.30. The molecule has 0 saturated carbocycles. The minimum atomic E-state index is -4.45. The van der Waals surface area contributed by atoms with Crippen molar-refractivity contribution < 1.29 is 27.8 Å². The molecule has 1 aromatic rings. The van der Waals surface area contributed by atoms with Crippen LogP contribution in [-0.4, -0.2) is 18.0 Å². The van der Waals surface area contributed by atoms with Gasteiger partial charge in [0.05, 0.1) is 11.1 Å². The summed E-state index contributed by atoms with van der Waals surface area (Å²) in [5, 5.41) is 9.17. The Kier molecular flexibility index (Phi) is 3.05. The minimum Gasteiger partial charge on any atom is -0.432 e. The number of ether oxygens (including phenoxy) is 1. The van der Waals surface area contributed by atoms with Crippen molar-refractivity contribution in [3.63, 3.8) is 0 Å². The van der Waals surface area contributed by atoms with Crippen molar-refractivity contribution in [1.82, 2.24) is 0 Å². The van der Waals surface area contributed by atoms with Gasteiger partial charge in [-0.25, -0.2) is 0 Å². The van der Waals surface area contributed by atoms with Crippen LogP contribution in [0.3, 0.4) is 0 Å². The third-order valence-electron chi connectivity index (χ3n) is 1.25. The Morgan fingerprint density at radius 1 is 1.50 bits per heavy atom. The van der Waals surface area contributed by atoms with E-state index in [1.165, 1.54) is 6.07 Å². The van der Waals surface area contributed by atoms with Gasteiger partial charge in [-0.1, -0.05) is 11.6 Å². The van der Waals surface area contributed by atoms with Crippen LogP contribution in [0, 0.1) is 0 Å². The Bertz CT molecular complexity index is 329. The van der Waals surface area contributed by atoms with Crippen LogP contribution in [0.2, 0.25) is 5.02 Å². The van der Waals surface area contributed by atoms with Gasteiger partial charge < -0.3 is 4.74 Å². The fraction of sp³-hybridized carbons (Fsp3) is 0.286. The smallest absolute Gasteiger partial charge is 0.422 e. The van der Waals surface area contributed by atoms with Crippen molar-refractivity contribution in [2.45, 2.75) is 6.18 Å². The molecule has 0 aromatic carbocycles. The molecule has 0 amide bonds. The van der Waals surface area contributed by atoms with Gasteiger partial charge in [0.2, 0.25) is 6.20 Å². The van der Waals surface area contributed by atoms with Crippen LogP contribution in [0.25, 0.3) is 0 Å². The fourth-order valence-electron chi connectivity index (χ4n) is 0.711. The maximum Gasteiger partial charge on any atom is 0.422 e. The molecule has 0 spiro atoms. The van der Waals surface area contributed by atoms with Crippen LogP contribution in [0.4, 0.5) is 13.2 Å².